The van der Waals surface area contributed by atoms with E-state index in [4.69, 9.17) is 47.0 Å². The molecule has 1 amide bonds. The van der Waals surface area contributed by atoms with Crippen LogP contribution in [0.15, 0.2) is 0 Å². The Morgan fingerprint density at radius 3 is 2.26 bits per heavy atom. The van der Waals surface area contributed by atoms with E-state index < -0.39 is 104 Å². The third kappa shape index (κ3) is 7.80. The van der Waals surface area contributed by atoms with Gasteiger partial charge in [0, 0.05) is 31.6 Å². The maximum Gasteiger partial charge on any atom is 0.253 e. The number of carbonyl (C=O) groups is 1. The number of rotatable bonds is 12. The standard InChI is InChI=1S/C25H48N6O12/c26-11-2-1-10(6-30-5-9(34)7-32)40-22(11)42-20-12(27)3-13(31-24(38)25(39)4-15(25)28)21(19(20)37)43-23-18(36)16(29)17(35)14(8-33)41-23/h9-23,30,32-37,39H,1-8,26-29H2,(H,31,38)/t9?,10-,11+,12-,13+,14+,15?,16-,17+,18+,19-,20?,21-,22+,23+,25?/m0/s1. The number of amides is 1. The summed E-state index contributed by atoms with van der Waals surface area (Å²) in [5, 5.41) is 76.7. The highest BCUT2D eigenvalue weighted by molar-refractivity contribution is 5.89. The van der Waals surface area contributed by atoms with Crippen molar-refractivity contribution >= 4 is 5.91 Å². The second-order valence-electron chi connectivity index (χ2n) is 12.1. The van der Waals surface area contributed by atoms with Gasteiger partial charge in [-0.05, 0) is 19.3 Å². The van der Waals surface area contributed by atoms with Gasteiger partial charge in [-0.15, -0.1) is 0 Å². The minimum absolute atomic E-state index is 0.0175. The van der Waals surface area contributed by atoms with Crippen LogP contribution >= 0.6 is 0 Å². The number of hydrogen-bond acceptors (Lipinski definition) is 17. The minimum Gasteiger partial charge on any atom is -0.394 e. The molecule has 2 saturated heterocycles. The third-order valence-corrected chi connectivity index (χ3v) is 8.69. The molecule has 18 heteroatoms. The van der Waals surface area contributed by atoms with E-state index >= 15 is 0 Å². The molecule has 2 saturated carbocycles. The highest BCUT2D eigenvalue weighted by atomic mass is 16.7. The summed E-state index contributed by atoms with van der Waals surface area (Å²) in [5.41, 5.74) is 22.5. The Hall–Kier alpha value is -1.17. The van der Waals surface area contributed by atoms with Crippen LogP contribution in [0.25, 0.3) is 0 Å². The van der Waals surface area contributed by atoms with Gasteiger partial charge in [0.15, 0.2) is 18.2 Å². The topological polar surface area (TPSA) is 324 Å². The van der Waals surface area contributed by atoms with Gasteiger partial charge in [-0.3, -0.25) is 4.79 Å². The van der Waals surface area contributed by atoms with Gasteiger partial charge in [-0.2, -0.15) is 0 Å². The largest absolute Gasteiger partial charge is 0.394 e. The molecule has 4 aliphatic rings. The van der Waals surface area contributed by atoms with Crippen molar-refractivity contribution in [3.63, 3.8) is 0 Å². The van der Waals surface area contributed by atoms with Gasteiger partial charge in [-0.1, -0.05) is 0 Å². The molecule has 0 aromatic heterocycles. The van der Waals surface area contributed by atoms with Crippen molar-refractivity contribution in [1.82, 2.24) is 10.6 Å². The number of hydrogen-bond donors (Lipinski definition) is 13. The van der Waals surface area contributed by atoms with E-state index in [1.807, 2.05) is 0 Å². The van der Waals surface area contributed by atoms with Crippen LogP contribution in [0.4, 0.5) is 0 Å². The zero-order valence-electron chi connectivity index (χ0n) is 23.8. The SMILES string of the molecule is NC1CC1(O)C(=O)N[C@@H]1C[C@H](N)C(O[C@H]2O[C@H](CNCC(O)CO)CC[C@H]2N)[C@H](O)[C@H]1O[C@H]1O[C@H](CO)[C@@H](O)[C@H](N)[C@H]1O. The molecule has 4 unspecified atom stereocenters. The Labute approximate surface area is 248 Å². The molecule has 4 rings (SSSR count). The Kier molecular flexibility index (Phi) is 11.7. The van der Waals surface area contributed by atoms with Gasteiger partial charge in [0.2, 0.25) is 0 Å². The molecular formula is C25H48N6O12. The molecule has 0 aromatic carbocycles. The highest BCUT2D eigenvalue weighted by Gasteiger charge is 2.59. The van der Waals surface area contributed by atoms with Crippen LogP contribution in [-0.2, 0) is 23.7 Å². The van der Waals surface area contributed by atoms with Gasteiger partial charge in [-0.25, -0.2) is 0 Å². The first-order chi connectivity index (χ1) is 20.3. The third-order valence-electron chi connectivity index (χ3n) is 8.69. The summed E-state index contributed by atoms with van der Waals surface area (Å²) in [6.07, 6.45) is -10.9. The molecule has 250 valence electrons. The van der Waals surface area contributed by atoms with Crippen molar-refractivity contribution in [2.75, 3.05) is 26.3 Å². The fourth-order valence-corrected chi connectivity index (χ4v) is 5.74. The molecule has 0 radical (unpaired) electrons. The average Bonchev–Trinajstić information content (AvgIpc) is 3.61. The monoisotopic (exact) mass is 624 g/mol. The molecule has 17 N–H and O–H groups in total. The molecule has 2 heterocycles. The molecule has 0 bridgehead atoms. The molecule has 18 nitrogen and oxygen atoms in total. The Balaban J connectivity index is 1.48. The molecular weight excluding hydrogens is 576 g/mol. The first-order valence-corrected chi connectivity index (χ1v) is 14.6. The van der Waals surface area contributed by atoms with Crippen LogP contribution in [-0.4, -0.2) is 165 Å². The van der Waals surface area contributed by atoms with E-state index in [0.29, 0.717) is 19.4 Å². The van der Waals surface area contributed by atoms with Crippen molar-refractivity contribution in [2.45, 2.75) is 123 Å². The Bertz CT molecular complexity index is 926. The fraction of sp³-hybridized carbons (Fsp3) is 0.960. The van der Waals surface area contributed by atoms with Crippen LogP contribution in [0.1, 0.15) is 25.7 Å². The van der Waals surface area contributed by atoms with E-state index in [9.17, 15) is 35.4 Å². The van der Waals surface area contributed by atoms with Crippen molar-refractivity contribution in [3.05, 3.63) is 0 Å². The maximum absolute atomic E-state index is 12.9. The van der Waals surface area contributed by atoms with Crippen LogP contribution in [0.5, 0.6) is 0 Å². The first-order valence-electron chi connectivity index (χ1n) is 14.6. The lowest BCUT2D eigenvalue weighted by atomic mass is 9.83. The van der Waals surface area contributed by atoms with Crippen LogP contribution in [0, 0.1) is 0 Å². The molecule has 2 aliphatic carbocycles. The Morgan fingerprint density at radius 2 is 1.63 bits per heavy atom. The van der Waals surface area contributed by atoms with E-state index in [2.05, 4.69) is 10.6 Å². The van der Waals surface area contributed by atoms with Gasteiger partial charge < -0.3 is 88.3 Å². The fourth-order valence-electron chi connectivity index (χ4n) is 5.74. The summed E-state index contributed by atoms with van der Waals surface area (Å²) in [6.45, 7) is -0.538. The molecule has 16 atom stereocenters. The zero-order chi connectivity index (χ0) is 31.6. The average molecular weight is 625 g/mol. The minimum atomic E-state index is -1.79. The predicted molar refractivity (Wildman–Crippen MR) is 145 cm³/mol. The lowest BCUT2D eigenvalue weighted by molar-refractivity contribution is -0.314. The van der Waals surface area contributed by atoms with Gasteiger partial charge in [0.25, 0.3) is 5.91 Å². The summed E-state index contributed by atoms with van der Waals surface area (Å²) in [7, 11) is 0. The predicted octanol–water partition coefficient (Wildman–Crippen LogP) is -7.66. The van der Waals surface area contributed by atoms with Gasteiger partial charge in [0.05, 0.1) is 43.5 Å². The molecule has 0 aromatic rings. The number of carbonyl (C=O) groups excluding carboxylic acids is 1. The summed E-state index contributed by atoms with van der Waals surface area (Å²) >= 11 is 0. The van der Waals surface area contributed by atoms with E-state index in [0.717, 1.165) is 0 Å². The number of aliphatic hydroxyl groups excluding tert-OH is 6. The van der Waals surface area contributed by atoms with E-state index in [-0.39, 0.29) is 32.1 Å². The number of aliphatic hydroxyl groups is 7. The normalized spacial score (nSPS) is 47.6. The Morgan fingerprint density at radius 1 is 0.953 bits per heavy atom. The van der Waals surface area contributed by atoms with Crippen molar-refractivity contribution in [3.8, 4) is 0 Å². The molecule has 0 spiro atoms. The summed E-state index contributed by atoms with van der Waals surface area (Å²) in [5.74, 6) is -0.790. The second-order valence-corrected chi connectivity index (χ2v) is 12.1. The smallest absolute Gasteiger partial charge is 0.253 e. The highest BCUT2D eigenvalue weighted by Crippen LogP contribution is 2.36. The summed E-state index contributed by atoms with van der Waals surface area (Å²) in [4.78, 5) is 12.9. The number of nitrogens with one attached hydrogen (secondary N) is 2. The van der Waals surface area contributed by atoms with Crippen molar-refractivity contribution in [1.29, 1.82) is 0 Å². The lowest BCUT2D eigenvalue weighted by Crippen LogP contribution is -2.69. The molecule has 4 fully saturated rings. The van der Waals surface area contributed by atoms with Crippen molar-refractivity contribution < 1.29 is 59.5 Å². The van der Waals surface area contributed by atoms with Gasteiger partial charge >= 0.3 is 0 Å². The maximum atomic E-state index is 12.9. The molecule has 43 heavy (non-hydrogen) atoms. The van der Waals surface area contributed by atoms with E-state index in [1.165, 1.54) is 0 Å². The van der Waals surface area contributed by atoms with Crippen LogP contribution in [0.2, 0.25) is 0 Å². The number of nitrogens with two attached hydrogens (primary N) is 4. The molecule has 2 aliphatic heterocycles. The first kappa shape index (κ1) is 34.7. The zero-order valence-corrected chi connectivity index (χ0v) is 23.8. The quantitative estimate of drug-likeness (QED) is 0.0958. The van der Waals surface area contributed by atoms with Crippen LogP contribution < -0.4 is 33.6 Å². The van der Waals surface area contributed by atoms with E-state index in [1.54, 1.807) is 0 Å². The van der Waals surface area contributed by atoms with Gasteiger partial charge in [0.1, 0.15) is 36.6 Å². The summed E-state index contributed by atoms with van der Waals surface area (Å²) in [6, 6.07) is -4.51. The summed E-state index contributed by atoms with van der Waals surface area (Å²) < 4.78 is 23.6. The number of ether oxygens (including phenoxy) is 4. The van der Waals surface area contributed by atoms with Crippen LogP contribution in [0.3, 0.4) is 0 Å². The van der Waals surface area contributed by atoms with Crippen molar-refractivity contribution in [2.24, 2.45) is 22.9 Å². The second kappa shape index (κ2) is 14.5. The lowest BCUT2D eigenvalue weighted by Gasteiger charge is -2.48.